The number of unbranched alkanes of at least 4 members (excludes halogenated alkanes) is 3. The number of rotatable bonds is 24. The molecule has 1 aliphatic heterocycles. The Morgan fingerprint density at radius 1 is 0.791 bits per heavy atom. The summed E-state index contributed by atoms with van der Waals surface area (Å²) in [7, 11) is 2.07. The topological polar surface area (TPSA) is 141 Å². The molecule has 0 unspecified atom stereocenters. The molecule has 1 aliphatic rings. The van der Waals surface area contributed by atoms with Gasteiger partial charge in [0, 0.05) is 59.6 Å². The number of fused-ring (bicyclic) bond motifs is 2. The lowest BCUT2D eigenvalue weighted by Crippen LogP contribution is -2.53. The number of amides is 1. The molecule has 2 aromatic heterocycles. The minimum Gasteiger partial charge on any atom is -0.464 e. The molecule has 0 saturated heterocycles. The highest BCUT2D eigenvalue weighted by Gasteiger charge is 2.35. The van der Waals surface area contributed by atoms with Gasteiger partial charge in [-0.2, -0.15) is 0 Å². The third kappa shape index (κ3) is 13.9. The number of nitrogens with zero attached hydrogens (tertiary/aromatic N) is 3. The van der Waals surface area contributed by atoms with Crippen LogP contribution in [0.1, 0.15) is 73.6 Å². The van der Waals surface area contributed by atoms with Crippen LogP contribution in [0.5, 0.6) is 0 Å². The lowest BCUT2D eigenvalue weighted by atomic mass is 10.00. The molecule has 12 nitrogen and oxygen atoms in total. The molecule has 0 fully saturated rings. The first kappa shape index (κ1) is 48.6. The predicted molar refractivity (Wildman–Crippen MR) is 261 cm³/mol. The Morgan fingerprint density at radius 3 is 2.30 bits per heavy atom. The van der Waals surface area contributed by atoms with Crippen molar-refractivity contribution in [1.29, 1.82) is 0 Å². The summed E-state index contributed by atoms with van der Waals surface area (Å²) in [4.78, 5) is 59.5. The molecule has 6 aromatic rings. The van der Waals surface area contributed by atoms with Crippen LogP contribution in [-0.2, 0) is 66.5 Å². The summed E-state index contributed by atoms with van der Waals surface area (Å²) in [5.74, 6) is -1.49. The summed E-state index contributed by atoms with van der Waals surface area (Å²) in [5, 5.41) is 8.53. The molecule has 13 heteroatoms. The zero-order valence-electron chi connectivity index (χ0n) is 38.2. The van der Waals surface area contributed by atoms with Crippen LogP contribution >= 0.6 is 11.6 Å². The Bertz CT molecular complexity index is 2550. The molecular formula is C54H60ClN5O7. The van der Waals surface area contributed by atoms with Crippen LogP contribution in [0, 0.1) is 0 Å². The molecule has 7 rings (SSSR count). The van der Waals surface area contributed by atoms with Gasteiger partial charge >= 0.3 is 17.9 Å². The number of pyridine rings is 1. The first-order valence-electron chi connectivity index (χ1n) is 23.3. The van der Waals surface area contributed by atoms with Crippen LogP contribution in [0.2, 0.25) is 5.02 Å². The fourth-order valence-electron chi connectivity index (χ4n) is 8.68. The van der Waals surface area contributed by atoms with E-state index >= 15 is 0 Å². The van der Waals surface area contributed by atoms with Gasteiger partial charge in [0.2, 0.25) is 5.91 Å². The first-order chi connectivity index (χ1) is 32.7. The average molecular weight is 927 g/mol. The quantitative estimate of drug-likeness (QED) is 0.0343. The standard InChI is InChI=1S/C54H60ClN5O7/c1-59-49-29-27-43(55)34-45(49)44(52(59)42-21-15-31-57-35-42)22-9-4-10-25-50(61)65-33-32-56-30-14-13-23-47(54(64)67-38-40-18-7-3-8-19-40)58-46-28-26-41-20-11-12-24-48(41)60(53(46)63)36-51(62)66-37-39-16-5-2-6-17-39/h2-3,5-8,11-12,15-21,24,27,29,31,34-35,46-47,56,58H,4,9-10,13-14,22-23,25-26,28,30,32-33,36-38H2,1H3/t46-,47-/m0/s1. The molecule has 0 radical (unpaired) electrons. The second-order valence-electron chi connectivity index (χ2n) is 16.9. The van der Waals surface area contributed by atoms with Crippen molar-refractivity contribution in [3.8, 4) is 11.3 Å². The number of aryl methyl sites for hydroxylation is 3. The first-order valence-corrected chi connectivity index (χ1v) is 23.7. The number of halogens is 1. The number of benzene rings is 4. The Labute approximate surface area is 398 Å². The SMILES string of the molecule is Cn1c(-c2cccnc2)c(CCCCCC(=O)OCCNCCCC[C@H](N[C@H]2CCc3ccccc3N(CC(=O)OCc3ccccc3)C2=O)C(=O)OCc2ccccc2)c2cc(Cl)ccc21. The van der Waals surface area contributed by atoms with Gasteiger partial charge in [-0.15, -0.1) is 0 Å². The van der Waals surface area contributed by atoms with E-state index in [-0.39, 0.29) is 38.2 Å². The van der Waals surface area contributed by atoms with Gasteiger partial charge in [-0.1, -0.05) is 103 Å². The number of ether oxygens (including phenoxy) is 3. The summed E-state index contributed by atoms with van der Waals surface area (Å²) in [6.45, 7) is 1.37. The van der Waals surface area contributed by atoms with Crippen molar-refractivity contribution in [3.05, 3.63) is 155 Å². The van der Waals surface area contributed by atoms with E-state index in [0.717, 1.165) is 71.0 Å². The van der Waals surface area contributed by atoms with Crippen LogP contribution in [0.3, 0.4) is 0 Å². The largest absolute Gasteiger partial charge is 0.464 e. The Balaban J connectivity index is 0.849. The maximum atomic E-state index is 14.3. The maximum absolute atomic E-state index is 14.3. The summed E-state index contributed by atoms with van der Waals surface area (Å²) in [6.07, 6.45) is 10.3. The van der Waals surface area contributed by atoms with E-state index in [9.17, 15) is 19.2 Å². The molecular weight excluding hydrogens is 866 g/mol. The number of para-hydroxylation sites is 1. The zero-order chi connectivity index (χ0) is 46.8. The molecule has 0 spiro atoms. The number of carbonyl (C=O) groups excluding carboxylic acids is 4. The van der Waals surface area contributed by atoms with Crippen LogP contribution in [-0.4, -0.2) is 71.7 Å². The minimum absolute atomic E-state index is 0.0986. The Hall–Kier alpha value is -6.34. The smallest absolute Gasteiger partial charge is 0.326 e. The number of esters is 3. The normalized spacial score (nSPS) is 14.0. The van der Waals surface area contributed by atoms with Gasteiger partial charge in [0.05, 0.1) is 11.7 Å². The maximum Gasteiger partial charge on any atom is 0.326 e. The van der Waals surface area contributed by atoms with Gasteiger partial charge in [-0.25, -0.2) is 0 Å². The van der Waals surface area contributed by atoms with Crippen molar-refractivity contribution >= 4 is 52.0 Å². The van der Waals surface area contributed by atoms with Gasteiger partial charge in [0.25, 0.3) is 0 Å². The third-order valence-corrected chi connectivity index (χ3v) is 12.4. The van der Waals surface area contributed by atoms with E-state index < -0.39 is 24.0 Å². The third-order valence-electron chi connectivity index (χ3n) is 12.1. The van der Waals surface area contributed by atoms with Gasteiger partial charge in [0.15, 0.2) is 0 Å². The number of hydrogen-bond donors (Lipinski definition) is 2. The van der Waals surface area contributed by atoms with Crippen molar-refractivity contribution < 1.29 is 33.4 Å². The van der Waals surface area contributed by atoms with E-state index in [1.54, 1.807) is 6.20 Å². The highest BCUT2D eigenvalue weighted by Crippen LogP contribution is 2.35. The molecule has 67 heavy (non-hydrogen) atoms. The molecule has 3 heterocycles. The lowest BCUT2D eigenvalue weighted by Gasteiger charge is -2.28. The lowest BCUT2D eigenvalue weighted by molar-refractivity contribution is -0.148. The number of hydrogen-bond acceptors (Lipinski definition) is 10. The number of nitrogens with one attached hydrogen (secondary N) is 2. The van der Waals surface area contributed by atoms with Crippen molar-refractivity contribution in [2.45, 2.75) is 89.5 Å². The van der Waals surface area contributed by atoms with Gasteiger partial charge in [-0.05, 0) is 110 Å². The van der Waals surface area contributed by atoms with Gasteiger partial charge < -0.3 is 24.1 Å². The van der Waals surface area contributed by atoms with Crippen molar-refractivity contribution in [3.63, 3.8) is 0 Å². The number of carbonyl (C=O) groups is 4. The highest BCUT2D eigenvalue weighted by molar-refractivity contribution is 6.31. The van der Waals surface area contributed by atoms with Crippen molar-refractivity contribution in [2.24, 2.45) is 7.05 Å². The summed E-state index contributed by atoms with van der Waals surface area (Å²) in [6, 6.07) is 34.9. The van der Waals surface area contributed by atoms with Crippen LogP contribution in [0.15, 0.2) is 128 Å². The number of aromatic nitrogens is 2. The summed E-state index contributed by atoms with van der Waals surface area (Å²) >= 11 is 6.41. The summed E-state index contributed by atoms with van der Waals surface area (Å²) in [5.41, 5.74) is 7.86. The van der Waals surface area contributed by atoms with Crippen LogP contribution in [0.4, 0.5) is 5.69 Å². The van der Waals surface area contributed by atoms with Gasteiger partial charge in [-0.3, -0.25) is 34.4 Å². The van der Waals surface area contributed by atoms with Crippen LogP contribution < -0.4 is 15.5 Å². The second-order valence-corrected chi connectivity index (χ2v) is 17.4. The van der Waals surface area contributed by atoms with Crippen molar-refractivity contribution in [2.75, 3.05) is 31.1 Å². The van der Waals surface area contributed by atoms with E-state index in [1.807, 2.05) is 109 Å². The zero-order valence-corrected chi connectivity index (χ0v) is 38.9. The minimum atomic E-state index is -0.763. The molecule has 0 aliphatic carbocycles. The molecule has 2 N–H and O–H groups in total. The van der Waals surface area contributed by atoms with Crippen molar-refractivity contribution in [1.82, 2.24) is 20.2 Å². The van der Waals surface area contributed by atoms with E-state index in [1.165, 1.54) is 10.5 Å². The molecule has 2 atom stereocenters. The summed E-state index contributed by atoms with van der Waals surface area (Å²) < 4.78 is 19.1. The fourth-order valence-corrected chi connectivity index (χ4v) is 8.86. The monoisotopic (exact) mass is 925 g/mol. The predicted octanol–water partition coefficient (Wildman–Crippen LogP) is 9.09. The molecule has 0 saturated carbocycles. The Kier molecular flexibility index (Phi) is 18.1. The van der Waals surface area contributed by atoms with Crippen LogP contribution in [0.25, 0.3) is 22.2 Å². The van der Waals surface area contributed by atoms with E-state index in [4.69, 9.17) is 25.8 Å². The van der Waals surface area contributed by atoms with E-state index in [0.29, 0.717) is 55.9 Å². The Morgan fingerprint density at radius 2 is 1.54 bits per heavy atom. The molecule has 4 aromatic carbocycles. The average Bonchev–Trinajstić information content (AvgIpc) is 3.55. The second kappa shape index (κ2) is 25.0. The fraction of sp³-hybridized carbons (Fsp3) is 0.352. The molecule has 350 valence electrons. The van der Waals surface area contributed by atoms with E-state index in [2.05, 4.69) is 39.4 Å². The molecule has 1 amide bonds. The number of anilines is 1. The highest BCUT2D eigenvalue weighted by atomic mass is 35.5. The van der Waals surface area contributed by atoms with Gasteiger partial charge in [0.1, 0.15) is 32.4 Å². The molecule has 0 bridgehead atoms.